The number of methoxy groups -OCH3 is 1. The van der Waals surface area contributed by atoms with Crippen LogP contribution in [-0.4, -0.2) is 44.2 Å². The molecule has 0 aliphatic heterocycles. The van der Waals surface area contributed by atoms with E-state index in [9.17, 15) is 13.2 Å². The smallest absolute Gasteiger partial charge is 0.381 e. The Morgan fingerprint density at radius 1 is 1.05 bits per heavy atom. The summed E-state index contributed by atoms with van der Waals surface area (Å²) < 4.78 is 46.5. The normalized spacial score (nSPS) is 36.0. The number of nitrogens with one attached hydrogen (secondary N) is 1. The van der Waals surface area contributed by atoms with Crippen molar-refractivity contribution in [3.05, 3.63) is 0 Å². The predicted octanol–water partition coefficient (Wildman–Crippen LogP) is 2.64. The SMILES string of the molecule is COC1CC(NC2CCCC(OCC(F)(F)F)C2)C1. The minimum absolute atomic E-state index is 0.258. The Morgan fingerprint density at radius 3 is 2.37 bits per heavy atom. The van der Waals surface area contributed by atoms with Crippen LogP contribution >= 0.6 is 0 Å². The van der Waals surface area contributed by atoms with Gasteiger partial charge in [0.15, 0.2) is 0 Å². The van der Waals surface area contributed by atoms with Gasteiger partial charge in [-0.05, 0) is 38.5 Å². The van der Waals surface area contributed by atoms with E-state index in [0.717, 1.165) is 32.1 Å². The summed E-state index contributed by atoms with van der Waals surface area (Å²) in [5.41, 5.74) is 0. The van der Waals surface area contributed by atoms with Gasteiger partial charge in [0.1, 0.15) is 6.61 Å². The van der Waals surface area contributed by atoms with Gasteiger partial charge in [0.25, 0.3) is 0 Å². The van der Waals surface area contributed by atoms with E-state index >= 15 is 0 Å². The van der Waals surface area contributed by atoms with Crippen LogP contribution in [0.2, 0.25) is 0 Å². The standard InChI is InChI=1S/C13H22F3NO2/c1-18-12-6-10(7-12)17-9-3-2-4-11(5-9)19-8-13(14,15)16/h9-12,17H,2-8H2,1H3. The molecule has 19 heavy (non-hydrogen) atoms. The van der Waals surface area contributed by atoms with Gasteiger partial charge in [-0.1, -0.05) is 0 Å². The van der Waals surface area contributed by atoms with E-state index in [1.807, 2.05) is 0 Å². The van der Waals surface area contributed by atoms with E-state index in [4.69, 9.17) is 9.47 Å². The predicted molar refractivity (Wildman–Crippen MR) is 65.0 cm³/mol. The first-order valence-corrected chi connectivity index (χ1v) is 6.93. The third-order valence-corrected chi connectivity index (χ3v) is 4.01. The molecular weight excluding hydrogens is 259 g/mol. The molecule has 0 radical (unpaired) electrons. The summed E-state index contributed by atoms with van der Waals surface area (Å²) in [6.45, 7) is -1.13. The third-order valence-electron chi connectivity index (χ3n) is 4.01. The maximum atomic E-state index is 12.1. The van der Waals surface area contributed by atoms with Gasteiger partial charge in [0.2, 0.25) is 0 Å². The Balaban J connectivity index is 1.66. The lowest BCUT2D eigenvalue weighted by atomic mass is 9.86. The summed E-state index contributed by atoms with van der Waals surface area (Å²) in [4.78, 5) is 0. The van der Waals surface area contributed by atoms with Crippen molar-refractivity contribution in [1.29, 1.82) is 0 Å². The summed E-state index contributed by atoms with van der Waals surface area (Å²) in [5.74, 6) is 0. The molecule has 1 N–H and O–H groups in total. The van der Waals surface area contributed by atoms with E-state index < -0.39 is 12.8 Å². The third kappa shape index (κ3) is 4.93. The van der Waals surface area contributed by atoms with Crippen LogP contribution in [0.3, 0.4) is 0 Å². The molecule has 112 valence electrons. The molecular formula is C13H22F3NO2. The molecule has 2 saturated carbocycles. The fourth-order valence-electron chi connectivity index (χ4n) is 2.89. The maximum absolute atomic E-state index is 12.1. The number of hydrogen-bond donors (Lipinski definition) is 1. The van der Waals surface area contributed by atoms with Crippen molar-refractivity contribution >= 4 is 0 Å². The van der Waals surface area contributed by atoms with Crippen molar-refractivity contribution in [3.8, 4) is 0 Å². The molecule has 0 bridgehead atoms. The number of rotatable bonds is 5. The monoisotopic (exact) mass is 281 g/mol. The van der Waals surface area contributed by atoms with E-state index in [1.54, 1.807) is 7.11 Å². The van der Waals surface area contributed by atoms with Crippen LogP contribution in [0, 0.1) is 0 Å². The van der Waals surface area contributed by atoms with Crippen molar-refractivity contribution in [2.24, 2.45) is 0 Å². The summed E-state index contributed by atoms with van der Waals surface area (Å²) in [7, 11) is 1.71. The zero-order valence-corrected chi connectivity index (χ0v) is 11.2. The minimum atomic E-state index is -4.22. The summed E-state index contributed by atoms with van der Waals surface area (Å²) >= 11 is 0. The molecule has 2 unspecified atom stereocenters. The number of ether oxygens (including phenoxy) is 2. The van der Waals surface area contributed by atoms with E-state index in [2.05, 4.69) is 5.32 Å². The van der Waals surface area contributed by atoms with Gasteiger partial charge in [-0.15, -0.1) is 0 Å². The molecule has 3 nitrogen and oxygen atoms in total. The second-order valence-electron chi connectivity index (χ2n) is 5.60. The highest BCUT2D eigenvalue weighted by molar-refractivity contribution is 4.90. The fraction of sp³-hybridized carbons (Fsp3) is 1.00. The first-order valence-electron chi connectivity index (χ1n) is 6.93. The highest BCUT2D eigenvalue weighted by Gasteiger charge is 2.34. The molecule has 6 heteroatoms. The zero-order valence-electron chi connectivity index (χ0n) is 11.2. The molecule has 2 atom stereocenters. The number of alkyl halides is 3. The van der Waals surface area contributed by atoms with Crippen LogP contribution in [0.25, 0.3) is 0 Å². The minimum Gasteiger partial charge on any atom is -0.381 e. The van der Waals surface area contributed by atoms with E-state index in [0.29, 0.717) is 18.6 Å². The molecule has 0 aromatic carbocycles. The van der Waals surface area contributed by atoms with Crippen molar-refractivity contribution in [2.45, 2.75) is 69.0 Å². The average Bonchev–Trinajstić information content (AvgIpc) is 2.30. The fourth-order valence-corrected chi connectivity index (χ4v) is 2.89. The summed E-state index contributed by atoms with van der Waals surface area (Å²) in [6.07, 6.45) is 1.25. The second kappa shape index (κ2) is 6.41. The van der Waals surface area contributed by atoms with Gasteiger partial charge < -0.3 is 14.8 Å². The summed E-state index contributed by atoms with van der Waals surface area (Å²) in [5, 5.41) is 3.51. The molecule has 2 aliphatic rings. The van der Waals surface area contributed by atoms with Crippen LogP contribution in [0.1, 0.15) is 38.5 Å². The van der Waals surface area contributed by atoms with Gasteiger partial charge in [0.05, 0.1) is 12.2 Å². The highest BCUT2D eigenvalue weighted by Crippen LogP contribution is 2.28. The topological polar surface area (TPSA) is 30.5 Å². The molecule has 0 aromatic heterocycles. The molecule has 2 fully saturated rings. The van der Waals surface area contributed by atoms with Crippen molar-refractivity contribution < 1.29 is 22.6 Å². The number of hydrogen-bond acceptors (Lipinski definition) is 3. The van der Waals surface area contributed by atoms with Gasteiger partial charge in [0, 0.05) is 19.2 Å². The van der Waals surface area contributed by atoms with Crippen molar-refractivity contribution in [1.82, 2.24) is 5.32 Å². The Morgan fingerprint density at radius 2 is 1.74 bits per heavy atom. The molecule has 0 amide bonds. The molecule has 2 rings (SSSR count). The van der Waals surface area contributed by atoms with Gasteiger partial charge in [-0.3, -0.25) is 0 Å². The van der Waals surface area contributed by atoms with Gasteiger partial charge >= 0.3 is 6.18 Å². The van der Waals surface area contributed by atoms with Crippen LogP contribution < -0.4 is 5.32 Å². The Bertz CT molecular complexity index is 280. The van der Waals surface area contributed by atoms with E-state index in [1.165, 1.54) is 0 Å². The lowest BCUT2D eigenvalue weighted by Gasteiger charge is -2.39. The zero-order chi connectivity index (χ0) is 13.9. The largest absolute Gasteiger partial charge is 0.411 e. The average molecular weight is 281 g/mol. The molecule has 2 aliphatic carbocycles. The van der Waals surface area contributed by atoms with Crippen molar-refractivity contribution in [3.63, 3.8) is 0 Å². The molecule has 0 aromatic rings. The lowest BCUT2D eigenvalue weighted by Crippen LogP contribution is -2.51. The number of halogens is 3. The Labute approximate surface area is 111 Å². The lowest BCUT2D eigenvalue weighted by molar-refractivity contribution is -0.188. The van der Waals surface area contributed by atoms with Crippen LogP contribution in [0.4, 0.5) is 13.2 Å². The Kier molecular flexibility index (Phi) is 5.09. The van der Waals surface area contributed by atoms with Crippen LogP contribution in [-0.2, 0) is 9.47 Å². The van der Waals surface area contributed by atoms with Crippen molar-refractivity contribution in [2.75, 3.05) is 13.7 Å². The maximum Gasteiger partial charge on any atom is 0.411 e. The highest BCUT2D eigenvalue weighted by atomic mass is 19.4. The van der Waals surface area contributed by atoms with Gasteiger partial charge in [-0.25, -0.2) is 0 Å². The summed E-state index contributed by atoms with van der Waals surface area (Å²) in [6, 6.07) is 0.742. The van der Waals surface area contributed by atoms with Crippen LogP contribution in [0.15, 0.2) is 0 Å². The molecule has 0 saturated heterocycles. The second-order valence-corrected chi connectivity index (χ2v) is 5.60. The molecule has 0 heterocycles. The van der Waals surface area contributed by atoms with Crippen LogP contribution in [0.5, 0.6) is 0 Å². The first-order chi connectivity index (χ1) is 8.96. The quantitative estimate of drug-likeness (QED) is 0.840. The van der Waals surface area contributed by atoms with Gasteiger partial charge in [-0.2, -0.15) is 13.2 Å². The van der Waals surface area contributed by atoms with E-state index in [-0.39, 0.29) is 12.1 Å². The first kappa shape index (κ1) is 15.1. The molecule has 0 spiro atoms. The Hall–Kier alpha value is -0.330.